The lowest BCUT2D eigenvalue weighted by Crippen LogP contribution is -2.38. The fourth-order valence-electron chi connectivity index (χ4n) is 1.92. The molecule has 0 aromatic carbocycles. The molecule has 1 heterocycles. The van der Waals surface area contributed by atoms with Crippen LogP contribution >= 0.6 is 0 Å². The van der Waals surface area contributed by atoms with Crippen molar-refractivity contribution in [3.63, 3.8) is 0 Å². The van der Waals surface area contributed by atoms with Crippen molar-refractivity contribution in [3.05, 3.63) is 0 Å². The van der Waals surface area contributed by atoms with Crippen molar-refractivity contribution in [2.45, 2.75) is 40.7 Å². The van der Waals surface area contributed by atoms with Crippen molar-refractivity contribution < 1.29 is 5.11 Å². The van der Waals surface area contributed by atoms with Crippen LogP contribution in [0.15, 0.2) is 0 Å². The molecule has 2 heteroatoms. The minimum absolute atomic E-state index is 0.00899. The normalized spacial score (nSPS) is 32.1. The third kappa shape index (κ3) is 2.96. The van der Waals surface area contributed by atoms with Gasteiger partial charge < -0.3 is 10.0 Å². The van der Waals surface area contributed by atoms with Crippen LogP contribution < -0.4 is 0 Å². The Morgan fingerprint density at radius 3 is 2.00 bits per heavy atom. The maximum Gasteiger partial charge on any atom is 0.0715 e. The minimum Gasteiger partial charge on any atom is -0.391 e. The van der Waals surface area contributed by atoms with Gasteiger partial charge in [0.05, 0.1) is 6.10 Å². The van der Waals surface area contributed by atoms with E-state index in [2.05, 4.69) is 39.5 Å². The number of β-amino-alcohol motifs (C(OH)–C–C–N with tert-alkyl or cyclic N) is 1. The molecule has 0 radical (unpaired) electrons. The molecular formula is C12H25NO. The van der Waals surface area contributed by atoms with E-state index in [1.54, 1.807) is 0 Å². The number of hydrogen-bond acceptors (Lipinski definition) is 2. The highest BCUT2D eigenvalue weighted by Crippen LogP contribution is 2.25. The van der Waals surface area contributed by atoms with Gasteiger partial charge in [-0.05, 0) is 17.3 Å². The number of nitrogens with zero attached hydrogens (tertiary/aromatic N) is 1. The van der Waals surface area contributed by atoms with Crippen molar-refractivity contribution in [1.29, 1.82) is 0 Å². The summed E-state index contributed by atoms with van der Waals surface area (Å²) >= 11 is 0. The molecule has 14 heavy (non-hydrogen) atoms. The average molecular weight is 199 g/mol. The Kier molecular flexibility index (Phi) is 3.59. The van der Waals surface area contributed by atoms with Gasteiger partial charge in [0.2, 0.25) is 0 Å². The highest BCUT2D eigenvalue weighted by atomic mass is 16.3. The van der Waals surface area contributed by atoms with Gasteiger partial charge in [0, 0.05) is 19.6 Å². The second kappa shape index (κ2) is 4.19. The summed E-state index contributed by atoms with van der Waals surface area (Å²) in [5.74, 6) is 1.56. The van der Waals surface area contributed by atoms with Crippen LogP contribution in [0.2, 0.25) is 0 Å². The average Bonchev–Trinajstić information content (AvgIpc) is 2.29. The number of aliphatic hydroxyl groups is 1. The molecule has 0 saturated carbocycles. The van der Waals surface area contributed by atoms with E-state index in [0.717, 1.165) is 31.5 Å². The fraction of sp³-hybridized carbons (Fsp3) is 1.00. The molecule has 1 N–H and O–H groups in total. The summed E-state index contributed by atoms with van der Waals surface area (Å²) in [5.41, 5.74) is 0.00899. The van der Waals surface area contributed by atoms with Crippen LogP contribution in [0.1, 0.15) is 34.6 Å². The van der Waals surface area contributed by atoms with Crippen molar-refractivity contribution in [2.75, 3.05) is 19.6 Å². The quantitative estimate of drug-likeness (QED) is 0.735. The van der Waals surface area contributed by atoms with Gasteiger partial charge in [-0.1, -0.05) is 34.6 Å². The van der Waals surface area contributed by atoms with Gasteiger partial charge in [-0.2, -0.15) is 0 Å². The number of hydrogen-bond donors (Lipinski definition) is 1. The largest absolute Gasteiger partial charge is 0.391 e. The summed E-state index contributed by atoms with van der Waals surface area (Å²) in [6, 6.07) is 0. The topological polar surface area (TPSA) is 23.5 Å². The molecule has 0 aliphatic carbocycles. The second-order valence-electron chi connectivity index (χ2n) is 6.05. The zero-order valence-corrected chi connectivity index (χ0v) is 10.2. The number of rotatable bonds is 2. The van der Waals surface area contributed by atoms with Crippen molar-refractivity contribution in [3.8, 4) is 0 Å². The zero-order valence-electron chi connectivity index (χ0n) is 10.2. The Morgan fingerprint density at radius 1 is 1.21 bits per heavy atom. The summed E-state index contributed by atoms with van der Waals surface area (Å²) in [5, 5.41) is 9.98. The Hall–Kier alpha value is -0.0800. The SMILES string of the molecule is CC1CN(CC(O)C(C)(C)C)CC1C. The number of likely N-dealkylation sites (tertiary alicyclic amines) is 1. The predicted octanol–water partition coefficient (Wildman–Crippen LogP) is 1.98. The van der Waals surface area contributed by atoms with Crippen LogP contribution in [0.4, 0.5) is 0 Å². The summed E-state index contributed by atoms with van der Waals surface area (Å²) in [7, 11) is 0. The van der Waals surface area contributed by atoms with Crippen LogP contribution in [-0.2, 0) is 0 Å². The maximum atomic E-state index is 9.98. The molecule has 0 spiro atoms. The molecule has 1 saturated heterocycles. The van der Waals surface area contributed by atoms with Gasteiger partial charge in [-0.25, -0.2) is 0 Å². The smallest absolute Gasteiger partial charge is 0.0715 e. The fourth-order valence-corrected chi connectivity index (χ4v) is 1.92. The summed E-state index contributed by atoms with van der Waals surface area (Å²) in [6.45, 7) is 14.0. The van der Waals surface area contributed by atoms with Gasteiger partial charge in [0.25, 0.3) is 0 Å². The molecule has 0 aromatic rings. The van der Waals surface area contributed by atoms with Crippen LogP contribution in [0, 0.1) is 17.3 Å². The van der Waals surface area contributed by atoms with Crippen molar-refractivity contribution in [1.82, 2.24) is 4.90 Å². The highest BCUT2D eigenvalue weighted by molar-refractivity contribution is 4.83. The van der Waals surface area contributed by atoms with E-state index in [0.29, 0.717) is 0 Å². The lowest BCUT2D eigenvalue weighted by Gasteiger charge is -2.29. The van der Waals surface area contributed by atoms with Crippen molar-refractivity contribution >= 4 is 0 Å². The van der Waals surface area contributed by atoms with Gasteiger partial charge >= 0.3 is 0 Å². The monoisotopic (exact) mass is 199 g/mol. The molecule has 1 fully saturated rings. The van der Waals surface area contributed by atoms with E-state index in [1.165, 1.54) is 0 Å². The van der Waals surface area contributed by atoms with E-state index < -0.39 is 0 Å². The standard InChI is InChI=1S/C12H25NO/c1-9-6-13(7-10(9)2)8-11(14)12(3,4)5/h9-11,14H,6-8H2,1-5H3. The van der Waals surface area contributed by atoms with Gasteiger partial charge in [0.1, 0.15) is 0 Å². The second-order valence-corrected chi connectivity index (χ2v) is 6.05. The molecule has 1 rings (SSSR count). The first-order chi connectivity index (χ1) is 6.30. The Morgan fingerprint density at radius 2 is 1.64 bits per heavy atom. The van der Waals surface area contributed by atoms with Crippen molar-refractivity contribution in [2.24, 2.45) is 17.3 Å². The van der Waals surface area contributed by atoms with Crippen LogP contribution in [0.3, 0.4) is 0 Å². The minimum atomic E-state index is -0.208. The lowest BCUT2D eigenvalue weighted by molar-refractivity contribution is 0.0333. The molecule has 3 atom stereocenters. The van der Waals surface area contributed by atoms with Gasteiger partial charge in [-0.3, -0.25) is 0 Å². The summed E-state index contributed by atoms with van der Waals surface area (Å²) in [4.78, 5) is 2.39. The summed E-state index contributed by atoms with van der Waals surface area (Å²) < 4.78 is 0. The van der Waals surface area contributed by atoms with Crippen LogP contribution in [0.25, 0.3) is 0 Å². The Bertz CT molecular complexity index is 175. The maximum absolute atomic E-state index is 9.98. The van der Waals surface area contributed by atoms with E-state index in [9.17, 15) is 5.11 Å². The molecule has 0 amide bonds. The lowest BCUT2D eigenvalue weighted by atomic mass is 9.89. The molecule has 0 bridgehead atoms. The van der Waals surface area contributed by atoms with E-state index in [-0.39, 0.29) is 11.5 Å². The third-order valence-corrected chi connectivity index (χ3v) is 3.49. The zero-order chi connectivity index (χ0) is 10.9. The Labute approximate surface area is 88.3 Å². The molecule has 3 unspecified atom stereocenters. The number of aliphatic hydroxyl groups excluding tert-OH is 1. The molecular weight excluding hydrogens is 174 g/mol. The molecule has 0 aromatic heterocycles. The molecule has 84 valence electrons. The first kappa shape index (κ1) is 12.0. The van der Waals surface area contributed by atoms with Crippen LogP contribution in [0.5, 0.6) is 0 Å². The molecule has 1 aliphatic rings. The van der Waals surface area contributed by atoms with Gasteiger partial charge in [-0.15, -0.1) is 0 Å². The van der Waals surface area contributed by atoms with Gasteiger partial charge in [0.15, 0.2) is 0 Å². The van der Waals surface area contributed by atoms with E-state index >= 15 is 0 Å². The third-order valence-electron chi connectivity index (χ3n) is 3.49. The molecule has 1 aliphatic heterocycles. The predicted molar refractivity (Wildman–Crippen MR) is 60.2 cm³/mol. The van der Waals surface area contributed by atoms with Crippen LogP contribution in [-0.4, -0.2) is 35.7 Å². The first-order valence-corrected chi connectivity index (χ1v) is 5.71. The summed E-state index contributed by atoms with van der Waals surface area (Å²) in [6.07, 6.45) is -0.208. The highest BCUT2D eigenvalue weighted by Gasteiger charge is 2.30. The Balaban J connectivity index is 2.40. The first-order valence-electron chi connectivity index (χ1n) is 5.71. The van der Waals surface area contributed by atoms with E-state index in [1.807, 2.05) is 0 Å². The van der Waals surface area contributed by atoms with E-state index in [4.69, 9.17) is 0 Å². The molecule has 2 nitrogen and oxygen atoms in total.